The smallest absolute Gasteiger partial charge is 0.262 e. The number of anilines is 2. The molecule has 0 aliphatic heterocycles. The van der Waals surface area contributed by atoms with Gasteiger partial charge in [0.25, 0.3) is 5.56 Å². The number of aromatic nitrogens is 3. The van der Waals surface area contributed by atoms with Crippen molar-refractivity contribution >= 4 is 49.6 Å². The van der Waals surface area contributed by atoms with Crippen LogP contribution in [0, 0.1) is 20.8 Å². The number of carbonyl (C=O) groups is 1. The Morgan fingerprint density at radius 3 is 2.76 bits per heavy atom. The maximum atomic E-state index is 12.9. The van der Waals surface area contributed by atoms with E-state index < -0.39 is 0 Å². The van der Waals surface area contributed by atoms with Crippen molar-refractivity contribution < 1.29 is 4.79 Å². The van der Waals surface area contributed by atoms with Crippen LogP contribution in [0.1, 0.15) is 28.6 Å². The molecule has 0 spiro atoms. The van der Waals surface area contributed by atoms with Crippen LogP contribution in [0.3, 0.4) is 0 Å². The van der Waals surface area contributed by atoms with Gasteiger partial charge < -0.3 is 0 Å². The van der Waals surface area contributed by atoms with Gasteiger partial charge in [0.1, 0.15) is 4.83 Å². The molecule has 3 aromatic heterocycles. The fraction of sp³-hybridized carbons (Fsp3) is 0.238. The lowest BCUT2D eigenvalue weighted by molar-refractivity contribution is -0.115. The number of fused-ring (bicyclic) bond motifs is 1. The van der Waals surface area contributed by atoms with E-state index in [4.69, 9.17) is 0 Å². The molecule has 29 heavy (non-hydrogen) atoms. The number of aryl methyl sites for hydroxylation is 3. The van der Waals surface area contributed by atoms with Crippen molar-refractivity contribution in [1.82, 2.24) is 14.5 Å². The van der Waals surface area contributed by atoms with Crippen molar-refractivity contribution in [3.63, 3.8) is 0 Å². The Hall–Kier alpha value is -2.84. The maximum absolute atomic E-state index is 12.9. The minimum absolute atomic E-state index is 0.0616. The third-order valence-corrected chi connectivity index (χ3v) is 6.78. The Morgan fingerprint density at radius 1 is 1.24 bits per heavy atom. The summed E-state index contributed by atoms with van der Waals surface area (Å²) >= 11 is 2.92. The molecular formula is C21H20N4O2S2. The lowest BCUT2D eigenvalue weighted by atomic mass is 10.2. The molecule has 0 aliphatic rings. The number of hydrogen-bond donors (Lipinski definition) is 0. The predicted octanol–water partition coefficient (Wildman–Crippen LogP) is 4.57. The Kier molecular flexibility index (Phi) is 5.06. The SMILES string of the molecule is CC(=O)N(c1cccc(C)c1)c1nc(Cn2cnc3sc(C)c(C)c3c2=O)cs1. The lowest BCUT2D eigenvalue weighted by Gasteiger charge is -2.18. The number of thiazole rings is 1. The minimum atomic E-state index is -0.110. The topological polar surface area (TPSA) is 68.1 Å². The number of benzene rings is 1. The second kappa shape index (κ2) is 7.53. The highest BCUT2D eigenvalue weighted by molar-refractivity contribution is 7.18. The third-order valence-electron chi connectivity index (χ3n) is 4.79. The number of nitrogens with zero attached hydrogens (tertiary/aromatic N) is 4. The molecule has 0 atom stereocenters. The first-order valence-corrected chi connectivity index (χ1v) is 10.8. The van der Waals surface area contributed by atoms with E-state index in [0.717, 1.165) is 32.2 Å². The zero-order valence-electron chi connectivity index (χ0n) is 16.6. The summed E-state index contributed by atoms with van der Waals surface area (Å²) in [5.74, 6) is -0.110. The van der Waals surface area contributed by atoms with Gasteiger partial charge in [-0.2, -0.15) is 0 Å². The van der Waals surface area contributed by atoms with Gasteiger partial charge in [-0.1, -0.05) is 12.1 Å². The van der Waals surface area contributed by atoms with Gasteiger partial charge in [-0.3, -0.25) is 19.1 Å². The summed E-state index contributed by atoms with van der Waals surface area (Å²) in [7, 11) is 0. The van der Waals surface area contributed by atoms with Gasteiger partial charge >= 0.3 is 0 Å². The second-order valence-electron chi connectivity index (χ2n) is 6.96. The van der Waals surface area contributed by atoms with E-state index in [9.17, 15) is 9.59 Å². The summed E-state index contributed by atoms with van der Waals surface area (Å²) < 4.78 is 1.57. The molecule has 3 heterocycles. The largest absolute Gasteiger partial charge is 0.293 e. The van der Waals surface area contributed by atoms with Crippen LogP contribution in [0.4, 0.5) is 10.8 Å². The van der Waals surface area contributed by atoms with E-state index in [1.165, 1.54) is 29.6 Å². The summed E-state index contributed by atoms with van der Waals surface area (Å²) in [6.45, 7) is 7.77. The van der Waals surface area contributed by atoms with Crippen molar-refractivity contribution in [1.29, 1.82) is 0 Å². The lowest BCUT2D eigenvalue weighted by Crippen LogP contribution is -2.23. The number of hydrogen-bond acceptors (Lipinski definition) is 6. The molecule has 4 aromatic rings. The molecule has 0 radical (unpaired) electrons. The van der Waals surface area contributed by atoms with E-state index in [0.29, 0.717) is 17.1 Å². The predicted molar refractivity (Wildman–Crippen MR) is 119 cm³/mol. The van der Waals surface area contributed by atoms with Crippen LogP contribution in [-0.4, -0.2) is 20.4 Å². The molecule has 0 aliphatic carbocycles. The van der Waals surface area contributed by atoms with Crippen molar-refractivity contribution in [3.8, 4) is 0 Å². The zero-order chi connectivity index (χ0) is 20.7. The molecule has 0 N–H and O–H groups in total. The van der Waals surface area contributed by atoms with Gasteiger partial charge in [0.05, 0.1) is 29.6 Å². The summed E-state index contributed by atoms with van der Waals surface area (Å²) in [4.78, 5) is 37.7. The third kappa shape index (κ3) is 3.61. The van der Waals surface area contributed by atoms with Gasteiger partial charge in [-0.05, 0) is 44.0 Å². The van der Waals surface area contributed by atoms with Crippen LogP contribution in [0.2, 0.25) is 0 Å². The highest BCUT2D eigenvalue weighted by Crippen LogP contribution is 2.30. The Labute approximate surface area is 176 Å². The quantitative estimate of drug-likeness (QED) is 0.481. The van der Waals surface area contributed by atoms with Crippen LogP contribution in [-0.2, 0) is 11.3 Å². The number of rotatable bonds is 4. The molecule has 0 fully saturated rings. The number of amides is 1. The zero-order valence-corrected chi connectivity index (χ0v) is 18.2. The fourth-order valence-electron chi connectivity index (χ4n) is 3.22. The fourth-order valence-corrected chi connectivity index (χ4v) is 5.09. The molecule has 4 rings (SSSR count). The van der Waals surface area contributed by atoms with Crippen molar-refractivity contribution in [3.05, 3.63) is 68.0 Å². The van der Waals surface area contributed by atoms with Gasteiger partial charge in [0.15, 0.2) is 5.13 Å². The highest BCUT2D eigenvalue weighted by Gasteiger charge is 2.19. The molecule has 148 valence electrons. The normalized spacial score (nSPS) is 11.2. The van der Waals surface area contributed by atoms with Gasteiger partial charge in [0.2, 0.25) is 5.91 Å². The van der Waals surface area contributed by atoms with E-state index in [-0.39, 0.29) is 11.5 Å². The Morgan fingerprint density at radius 2 is 2.03 bits per heavy atom. The first kappa shape index (κ1) is 19.5. The molecule has 0 saturated heterocycles. The number of carbonyl (C=O) groups excluding carboxylic acids is 1. The first-order chi connectivity index (χ1) is 13.8. The summed E-state index contributed by atoms with van der Waals surface area (Å²) in [6.07, 6.45) is 1.57. The molecular weight excluding hydrogens is 404 g/mol. The molecule has 1 aromatic carbocycles. The maximum Gasteiger partial charge on any atom is 0.262 e. The van der Waals surface area contributed by atoms with Crippen LogP contribution in [0.15, 0.2) is 40.8 Å². The summed E-state index contributed by atoms with van der Waals surface area (Å²) in [5.41, 5.74) is 3.49. The molecule has 8 heteroatoms. The van der Waals surface area contributed by atoms with Gasteiger partial charge in [0, 0.05) is 17.2 Å². The van der Waals surface area contributed by atoms with Crippen LogP contribution in [0.5, 0.6) is 0 Å². The van der Waals surface area contributed by atoms with Crippen molar-refractivity contribution in [2.24, 2.45) is 0 Å². The molecule has 6 nitrogen and oxygen atoms in total. The van der Waals surface area contributed by atoms with Crippen LogP contribution >= 0.6 is 22.7 Å². The Bertz CT molecular complexity index is 1290. The van der Waals surface area contributed by atoms with Crippen molar-refractivity contribution in [2.45, 2.75) is 34.2 Å². The Balaban J connectivity index is 1.68. The molecule has 1 amide bonds. The first-order valence-electron chi connectivity index (χ1n) is 9.12. The van der Waals surface area contributed by atoms with Gasteiger partial charge in [-0.25, -0.2) is 9.97 Å². The summed E-state index contributed by atoms with van der Waals surface area (Å²) in [5, 5.41) is 3.14. The number of thiophene rings is 1. The van der Waals surface area contributed by atoms with E-state index in [1.54, 1.807) is 15.8 Å². The average molecular weight is 425 g/mol. The highest BCUT2D eigenvalue weighted by atomic mass is 32.1. The van der Waals surface area contributed by atoms with Crippen molar-refractivity contribution in [2.75, 3.05) is 4.90 Å². The second-order valence-corrected chi connectivity index (χ2v) is 9.00. The average Bonchev–Trinajstić information content (AvgIpc) is 3.22. The van der Waals surface area contributed by atoms with Crippen LogP contribution in [0.25, 0.3) is 10.2 Å². The van der Waals surface area contributed by atoms with E-state index in [1.807, 2.05) is 50.4 Å². The standard InChI is InChI=1S/C21H20N4O2S2/c1-12-6-5-7-17(8-12)25(15(4)26)21-23-16(10-28-21)9-24-11-22-19-18(20(24)27)13(2)14(3)29-19/h5-8,10-11H,9H2,1-4H3. The van der Waals surface area contributed by atoms with E-state index in [2.05, 4.69) is 9.97 Å². The molecule has 0 saturated carbocycles. The monoisotopic (exact) mass is 424 g/mol. The van der Waals surface area contributed by atoms with Crippen LogP contribution < -0.4 is 10.5 Å². The minimum Gasteiger partial charge on any atom is -0.293 e. The molecule has 0 unspecified atom stereocenters. The van der Waals surface area contributed by atoms with Gasteiger partial charge in [-0.15, -0.1) is 22.7 Å². The molecule has 0 bridgehead atoms. The van der Waals surface area contributed by atoms with E-state index >= 15 is 0 Å². The summed E-state index contributed by atoms with van der Waals surface area (Å²) in [6, 6.07) is 7.74.